The molecule has 2 atom stereocenters. The Morgan fingerprint density at radius 1 is 1.18 bits per heavy atom. The Labute approximate surface area is 106 Å². The molecule has 2 unspecified atom stereocenters. The van der Waals surface area contributed by atoms with Crippen LogP contribution in [0.5, 0.6) is 0 Å². The Balaban J connectivity index is 2.16. The van der Waals surface area contributed by atoms with E-state index >= 15 is 0 Å². The van der Waals surface area contributed by atoms with Crippen molar-refractivity contribution in [1.82, 2.24) is 10.6 Å². The van der Waals surface area contributed by atoms with Crippen LogP contribution < -0.4 is 10.6 Å². The lowest BCUT2D eigenvalue weighted by atomic mass is 9.98. The molecule has 0 bridgehead atoms. The molecule has 0 aromatic heterocycles. The largest absolute Gasteiger partial charge is 0.355 e. The number of amides is 1. The maximum atomic E-state index is 11.5. The van der Waals surface area contributed by atoms with Gasteiger partial charge in [0.15, 0.2) is 0 Å². The zero-order valence-corrected chi connectivity index (χ0v) is 11.4. The number of hydrogen-bond acceptors (Lipinski definition) is 2. The fourth-order valence-electron chi connectivity index (χ4n) is 2.55. The maximum Gasteiger partial charge on any atom is 0.233 e. The van der Waals surface area contributed by atoms with Gasteiger partial charge in [-0.15, -0.1) is 0 Å². The maximum absolute atomic E-state index is 11.5. The molecule has 0 aromatic rings. The van der Waals surface area contributed by atoms with Crippen LogP contribution in [0.3, 0.4) is 0 Å². The summed E-state index contributed by atoms with van der Waals surface area (Å²) in [4.78, 5) is 11.5. The van der Waals surface area contributed by atoms with Crippen molar-refractivity contribution in [3.63, 3.8) is 0 Å². The van der Waals surface area contributed by atoms with Gasteiger partial charge in [0.2, 0.25) is 5.91 Å². The van der Waals surface area contributed by atoms with Gasteiger partial charge in [-0.1, -0.05) is 33.1 Å². The lowest BCUT2D eigenvalue weighted by Crippen LogP contribution is -2.39. The Kier molecular flexibility index (Phi) is 7.25. The zero-order valence-electron chi connectivity index (χ0n) is 11.4. The van der Waals surface area contributed by atoms with Crippen molar-refractivity contribution in [3.05, 3.63) is 0 Å². The van der Waals surface area contributed by atoms with Gasteiger partial charge in [0.1, 0.15) is 0 Å². The third-order valence-electron chi connectivity index (χ3n) is 3.79. The molecule has 100 valence electrons. The van der Waals surface area contributed by atoms with Crippen molar-refractivity contribution in [2.45, 2.75) is 64.8 Å². The minimum absolute atomic E-state index is 0.142. The van der Waals surface area contributed by atoms with E-state index in [0.717, 1.165) is 18.9 Å². The summed E-state index contributed by atoms with van der Waals surface area (Å²) in [6.07, 6.45) is 8.79. The van der Waals surface area contributed by atoms with Gasteiger partial charge in [0.25, 0.3) is 0 Å². The molecule has 1 fully saturated rings. The summed E-state index contributed by atoms with van der Waals surface area (Å²) in [5, 5.41) is 6.31. The highest BCUT2D eigenvalue weighted by molar-refractivity contribution is 5.77. The second kappa shape index (κ2) is 8.51. The predicted molar refractivity (Wildman–Crippen MR) is 72.0 cm³/mol. The highest BCUT2D eigenvalue weighted by Gasteiger charge is 2.17. The molecule has 0 saturated heterocycles. The van der Waals surface area contributed by atoms with Crippen molar-refractivity contribution in [2.75, 3.05) is 13.1 Å². The summed E-state index contributed by atoms with van der Waals surface area (Å²) >= 11 is 0. The highest BCUT2D eigenvalue weighted by atomic mass is 16.1. The van der Waals surface area contributed by atoms with Gasteiger partial charge >= 0.3 is 0 Å². The van der Waals surface area contributed by atoms with E-state index in [1.54, 1.807) is 0 Å². The first-order chi connectivity index (χ1) is 8.26. The molecular weight excluding hydrogens is 212 g/mol. The first-order valence-corrected chi connectivity index (χ1v) is 7.26. The van der Waals surface area contributed by atoms with E-state index in [9.17, 15) is 4.79 Å². The van der Waals surface area contributed by atoms with Crippen LogP contribution in [0.1, 0.15) is 58.8 Å². The number of carbonyl (C=O) groups excluding carboxylic acids is 1. The summed E-state index contributed by atoms with van der Waals surface area (Å²) in [5.74, 6) is 1.05. The van der Waals surface area contributed by atoms with E-state index in [4.69, 9.17) is 0 Å². The number of hydrogen-bond donors (Lipinski definition) is 2. The van der Waals surface area contributed by atoms with Gasteiger partial charge in [0.05, 0.1) is 6.54 Å². The van der Waals surface area contributed by atoms with Gasteiger partial charge < -0.3 is 10.6 Å². The number of carbonyl (C=O) groups is 1. The second-order valence-corrected chi connectivity index (χ2v) is 5.21. The smallest absolute Gasteiger partial charge is 0.233 e. The average molecular weight is 240 g/mol. The van der Waals surface area contributed by atoms with Crippen molar-refractivity contribution in [1.29, 1.82) is 0 Å². The van der Waals surface area contributed by atoms with Crippen molar-refractivity contribution in [2.24, 2.45) is 5.92 Å². The minimum atomic E-state index is 0.142. The van der Waals surface area contributed by atoms with Crippen molar-refractivity contribution < 1.29 is 4.79 Å². The van der Waals surface area contributed by atoms with Crippen molar-refractivity contribution in [3.8, 4) is 0 Å². The van der Waals surface area contributed by atoms with Crippen LogP contribution in [0.15, 0.2) is 0 Å². The fraction of sp³-hybridized carbons (Fsp3) is 0.929. The normalized spacial score (nSPS) is 25.3. The van der Waals surface area contributed by atoms with E-state index in [1.807, 2.05) is 0 Å². The van der Waals surface area contributed by atoms with E-state index in [2.05, 4.69) is 24.5 Å². The molecule has 17 heavy (non-hydrogen) atoms. The van der Waals surface area contributed by atoms with Crippen LogP contribution in [-0.4, -0.2) is 25.0 Å². The Morgan fingerprint density at radius 3 is 2.71 bits per heavy atom. The molecular formula is C14H28N2O. The molecule has 1 saturated carbocycles. The summed E-state index contributed by atoms with van der Waals surface area (Å²) in [6.45, 7) is 5.64. The number of rotatable bonds is 6. The lowest BCUT2D eigenvalue weighted by Gasteiger charge is -2.16. The summed E-state index contributed by atoms with van der Waals surface area (Å²) < 4.78 is 0. The second-order valence-electron chi connectivity index (χ2n) is 5.21. The molecule has 0 aromatic carbocycles. The SMILES string of the molecule is CCCNC(=O)CNC1CCCC(CC)CC1. The predicted octanol–water partition coefficient (Wildman–Crippen LogP) is 2.46. The monoisotopic (exact) mass is 240 g/mol. The minimum Gasteiger partial charge on any atom is -0.355 e. The lowest BCUT2D eigenvalue weighted by molar-refractivity contribution is -0.120. The molecule has 0 spiro atoms. The van der Waals surface area contributed by atoms with E-state index in [1.165, 1.54) is 38.5 Å². The third-order valence-corrected chi connectivity index (χ3v) is 3.79. The van der Waals surface area contributed by atoms with Crippen LogP contribution in [0.4, 0.5) is 0 Å². The first-order valence-electron chi connectivity index (χ1n) is 7.26. The Morgan fingerprint density at radius 2 is 2.00 bits per heavy atom. The third kappa shape index (κ3) is 6.06. The molecule has 3 heteroatoms. The van der Waals surface area contributed by atoms with E-state index < -0.39 is 0 Å². The Hall–Kier alpha value is -0.570. The number of nitrogens with one attached hydrogen (secondary N) is 2. The molecule has 1 aliphatic rings. The quantitative estimate of drug-likeness (QED) is 0.700. The first kappa shape index (κ1) is 14.5. The summed E-state index contributed by atoms with van der Waals surface area (Å²) in [6, 6.07) is 0.555. The van der Waals surface area contributed by atoms with Crippen LogP contribution >= 0.6 is 0 Å². The summed E-state index contributed by atoms with van der Waals surface area (Å²) in [5.41, 5.74) is 0. The fourth-order valence-corrected chi connectivity index (χ4v) is 2.55. The van der Waals surface area contributed by atoms with E-state index in [0.29, 0.717) is 12.6 Å². The summed E-state index contributed by atoms with van der Waals surface area (Å²) in [7, 11) is 0. The van der Waals surface area contributed by atoms with Gasteiger partial charge in [-0.2, -0.15) is 0 Å². The van der Waals surface area contributed by atoms with Gasteiger partial charge in [-0.05, 0) is 31.6 Å². The average Bonchev–Trinajstić information content (AvgIpc) is 2.58. The van der Waals surface area contributed by atoms with Crippen LogP contribution in [0.25, 0.3) is 0 Å². The van der Waals surface area contributed by atoms with E-state index in [-0.39, 0.29) is 5.91 Å². The van der Waals surface area contributed by atoms with Crippen molar-refractivity contribution >= 4 is 5.91 Å². The Bertz CT molecular complexity index is 218. The van der Waals surface area contributed by atoms with Gasteiger partial charge in [-0.25, -0.2) is 0 Å². The molecule has 1 aliphatic carbocycles. The standard InChI is InChI=1S/C14H28N2O/c1-3-10-15-14(17)11-16-13-7-5-6-12(4-2)8-9-13/h12-13,16H,3-11H2,1-2H3,(H,15,17). The molecule has 0 aliphatic heterocycles. The molecule has 2 N–H and O–H groups in total. The van der Waals surface area contributed by atoms with Gasteiger partial charge in [-0.3, -0.25) is 4.79 Å². The molecule has 0 radical (unpaired) electrons. The van der Waals surface area contributed by atoms with Gasteiger partial charge in [0, 0.05) is 12.6 Å². The van der Waals surface area contributed by atoms with Crippen LogP contribution in [0.2, 0.25) is 0 Å². The van der Waals surface area contributed by atoms with Crippen LogP contribution in [-0.2, 0) is 4.79 Å². The zero-order chi connectivity index (χ0) is 12.5. The molecule has 1 rings (SSSR count). The molecule has 0 heterocycles. The van der Waals surface area contributed by atoms with Crippen LogP contribution in [0, 0.1) is 5.92 Å². The molecule has 1 amide bonds. The molecule has 3 nitrogen and oxygen atoms in total. The topological polar surface area (TPSA) is 41.1 Å². The highest BCUT2D eigenvalue weighted by Crippen LogP contribution is 2.25.